The van der Waals surface area contributed by atoms with E-state index in [1.807, 2.05) is 0 Å². The summed E-state index contributed by atoms with van der Waals surface area (Å²) in [6.45, 7) is 0.941. The fourth-order valence-corrected chi connectivity index (χ4v) is 2.67. The van der Waals surface area contributed by atoms with Crippen LogP contribution in [0.1, 0.15) is 27.5 Å². The molecular weight excluding hydrogens is 314 g/mol. The zero-order valence-corrected chi connectivity index (χ0v) is 12.6. The predicted octanol–water partition coefficient (Wildman–Crippen LogP) is 1.34. The van der Waals surface area contributed by atoms with Gasteiger partial charge in [0.15, 0.2) is 5.69 Å². The number of esters is 1. The van der Waals surface area contributed by atoms with Crippen molar-refractivity contribution in [3.63, 3.8) is 0 Å². The van der Waals surface area contributed by atoms with Crippen molar-refractivity contribution in [3.8, 4) is 0 Å². The van der Waals surface area contributed by atoms with Crippen LogP contribution in [0.2, 0.25) is 0 Å². The summed E-state index contributed by atoms with van der Waals surface area (Å²) in [5.41, 5.74) is 1.06. The highest BCUT2D eigenvalue weighted by Crippen LogP contribution is 2.21. The van der Waals surface area contributed by atoms with Gasteiger partial charge in [-0.2, -0.15) is 5.10 Å². The van der Waals surface area contributed by atoms with Crippen molar-refractivity contribution in [2.45, 2.75) is 19.6 Å². The highest BCUT2D eigenvalue weighted by Gasteiger charge is 2.22. The Morgan fingerprint density at radius 2 is 2.12 bits per heavy atom. The van der Waals surface area contributed by atoms with Crippen LogP contribution in [0.5, 0.6) is 0 Å². The van der Waals surface area contributed by atoms with Crippen molar-refractivity contribution in [2.75, 3.05) is 6.61 Å². The molecule has 0 spiro atoms. The minimum absolute atomic E-state index is 0.0455. The lowest BCUT2D eigenvalue weighted by Crippen LogP contribution is -2.16. The van der Waals surface area contributed by atoms with Crippen molar-refractivity contribution < 1.29 is 18.8 Å². The molecule has 1 N–H and O–H groups in total. The molecule has 4 rings (SSSR count). The summed E-state index contributed by atoms with van der Waals surface area (Å²) in [7, 11) is 0. The summed E-state index contributed by atoms with van der Waals surface area (Å²) in [4.78, 5) is 24.1. The maximum Gasteiger partial charge on any atom is 0.359 e. The van der Waals surface area contributed by atoms with E-state index in [1.165, 1.54) is 0 Å². The van der Waals surface area contributed by atoms with Crippen LogP contribution in [0, 0.1) is 0 Å². The quantitative estimate of drug-likeness (QED) is 0.723. The number of carbonyl (C=O) groups is 1. The number of carbonyl (C=O) groups excluding carboxylic acids is 1. The second-order valence-electron chi connectivity index (χ2n) is 5.36. The van der Waals surface area contributed by atoms with Gasteiger partial charge in [0, 0.05) is 17.4 Å². The Bertz CT molecular complexity index is 975. The first kappa shape index (κ1) is 14.6. The molecule has 1 aliphatic rings. The predicted molar refractivity (Wildman–Crippen MR) is 81.3 cm³/mol. The molecule has 3 aromatic rings. The van der Waals surface area contributed by atoms with Gasteiger partial charge in [-0.25, -0.2) is 9.89 Å². The van der Waals surface area contributed by atoms with E-state index in [-0.39, 0.29) is 17.9 Å². The van der Waals surface area contributed by atoms with Gasteiger partial charge in [0.25, 0.3) is 5.56 Å². The molecule has 3 heterocycles. The number of aromatic amines is 1. The first-order valence-electron chi connectivity index (χ1n) is 7.42. The average Bonchev–Trinajstić information content (AvgIpc) is 3.03. The lowest BCUT2D eigenvalue weighted by molar-refractivity contribution is 0.0453. The smallest absolute Gasteiger partial charge is 0.359 e. The second-order valence-corrected chi connectivity index (χ2v) is 5.36. The maximum atomic E-state index is 12.3. The van der Waals surface area contributed by atoms with E-state index in [0.717, 1.165) is 11.3 Å². The molecule has 0 radical (unpaired) electrons. The maximum absolute atomic E-state index is 12.3. The summed E-state index contributed by atoms with van der Waals surface area (Å²) < 4.78 is 15.9. The van der Waals surface area contributed by atoms with Crippen molar-refractivity contribution in [2.24, 2.45) is 0 Å². The number of rotatable bonds is 3. The average molecular weight is 327 g/mol. The summed E-state index contributed by atoms with van der Waals surface area (Å²) in [6.07, 6.45) is 0.655. The van der Waals surface area contributed by atoms with Gasteiger partial charge in [0.2, 0.25) is 0 Å². The molecule has 1 aliphatic heterocycles. The van der Waals surface area contributed by atoms with Crippen LogP contribution in [0.4, 0.5) is 0 Å². The first-order valence-corrected chi connectivity index (χ1v) is 7.42. The number of hydrogen-bond donors (Lipinski definition) is 1. The molecule has 0 unspecified atom stereocenters. The van der Waals surface area contributed by atoms with Gasteiger partial charge in [-0.3, -0.25) is 4.79 Å². The molecule has 8 heteroatoms. The van der Waals surface area contributed by atoms with Crippen LogP contribution in [-0.4, -0.2) is 27.9 Å². The molecule has 24 heavy (non-hydrogen) atoms. The van der Waals surface area contributed by atoms with E-state index in [0.29, 0.717) is 36.1 Å². The highest BCUT2D eigenvalue weighted by molar-refractivity contribution is 6.01. The van der Waals surface area contributed by atoms with Gasteiger partial charge >= 0.3 is 5.97 Å². The Kier molecular flexibility index (Phi) is 3.58. The van der Waals surface area contributed by atoms with Crippen molar-refractivity contribution in [1.82, 2.24) is 15.4 Å². The third-order valence-corrected chi connectivity index (χ3v) is 3.90. The van der Waals surface area contributed by atoms with E-state index >= 15 is 0 Å². The molecule has 8 nitrogen and oxygen atoms in total. The van der Waals surface area contributed by atoms with Crippen molar-refractivity contribution in [3.05, 3.63) is 57.3 Å². The standard InChI is InChI=1S/C16H13N3O5/c20-15-10-4-2-1-3-9(10)14(17-18-15)16(21)23-8-12-11-7-22-6-5-13(11)24-19-12/h1-4H,5-8H2,(H,18,20). The van der Waals surface area contributed by atoms with E-state index in [9.17, 15) is 9.59 Å². The minimum Gasteiger partial charge on any atom is -0.454 e. The monoisotopic (exact) mass is 327 g/mol. The van der Waals surface area contributed by atoms with Gasteiger partial charge in [-0.1, -0.05) is 23.4 Å². The van der Waals surface area contributed by atoms with Crippen molar-refractivity contribution >= 4 is 16.7 Å². The van der Waals surface area contributed by atoms with Crippen LogP contribution in [-0.2, 0) is 29.1 Å². The summed E-state index contributed by atoms with van der Waals surface area (Å²) in [6, 6.07) is 6.72. The first-order chi connectivity index (χ1) is 11.7. The third kappa shape index (κ3) is 2.46. The number of nitrogens with zero attached hydrogens (tertiary/aromatic N) is 2. The number of aromatic nitrogens is 3. The SMILES string of the molecule is O=C(OCc1noc2c1COCC2)c1n[nH]c(=O)c2ccccc12. The fourth-order valence-electron chi connectivity index (χ4n) is 2.67. The number of ether oxygens (including phenoxy) is 2. The molecule has 2 aromatic heterocycles. The molecule has 122 valence electrons. The highest BCUT2D eigenvalue weighted by atomic mass is 16.5. The Balaban J connectivity index is 1.58. The third-order valence-electron chi connectivity index (χ3n) is 3.90. The molecule has 0 saturated carbocycles. The Morgan fingerprint density at radius 3 is 3.00 bits per heavy atom. The van der Waals surface area contributed by atoms with Gasteiger partial charge < -0.3 is 14.0 Å². The summed E-state index contributed by atoms with van der Waals surface area (Å²) in [5, 5.41) is 10.9. The molecule has 0 atom stereocenters. The lowest BCUT2D eigenvalue weighted by Gasteiger charge is -2.10. The van der Waals surface area contributed by atoms with Crippen molar-refractivity contribution in [1.29, 1.82) is 0 Å². The molecule has 0 aliphatic carbocycles. The van der Waals surface area contributed by atoms with E-state index in [1.54, 1.807) is 24.3 Å². The van der Waals surface area contributed by atoms with Gasteiger partial charge in [-0.05, 0) is 6.07 Å². The number of fused-ring (bicyclic) bond motifs is 2. The van der Waals surface area contributed by atoms with Crippen LogP contribution in [0.15, 0.2) is 33.6 Å². The van der Waals surface area contributed by atoms with Gasteiger partial charge in [-0.15, -0.1) is 0 Å². The fraction of sp³-hybridized carbons (Fsp3) is 0.250. The van der Waals surface area contributed by atoms with Gasteiger partial charge in [0.1, 0.15) is 18.1 Å². The van der Waals surface area contributed by atoms with E-state index in [2.05, 4.69) is 15.4 Å². The number of nitrogens with one attached hydrogen (secondary N) is 1. The number of benzene rings is 1. The molecule has 0 bridgehead atoms. The van der Waals surface area contributed by atoms with Crippen LogP contribution in [0.25, 0.3) is 10.8 Å². The largest absolute Gasteiger partial charge is 0.454 e. The van der Waals surface area contributed by atoms with Crippen LogP contribution >= 0.6 is 0 Å². The van der Waals surface area contributed by atoms with Crippen LogP contribution in [0.3, 0.4) is 0 Å². The Hall–Kier alpha value is -3.00. The molecule has 0 saturated heterocycles. The number of hydrogen-bond acceptors (Lipinski definition) is 7. The topological polar surface area (TPSA) is 107 Å². The Morgan fingerprint density at radius 1 is 1.29 bits per heavy atom. The number of H-pyrrole nitrogens is 1. The Labute approximate surface area is 135 Å². The molecular formula is C16H13N3O5. The zero-order valence-electron chi connectivity index (χ0n) is 12.6. The zero-order chi connectivity index (χ0) is 16.5. The van der Waals surface area contributed by atoms with E-state index < -0.39 is 5.97 Å². The second kappa shape index (κ2) is 5.89. The molecule has 1 aromatic carbocycles. The van der Waals surface area contributed by atoms with Gasteiger partial charge in [0.05, 0.1) is 18.6 Å². The summed E-state index contributed by atoms with van der Waals surface area (Å²) in [5.74, 6) is 0.121. The molecule has 0 fully saturated rings. The minimum atomic E-state index is -0.643. The normalized spacial score (nSPS) is 13.7. The summed E-state index contributed by atoms with van der Waals surface area (Å²) >= 11 is 0. The van der Waals surface area contributed by atoms with E-state index in [4.69, 9.17) is 14.0 Å². The van der Waals surface area contributed by atoms with Crippen LogP contribution < -0.4 is 5.56 Å². The molecule has 0 amide bonds. The lowest BCUT2D eigenvalue weighted by atomic mass is 10.1.